The van der Waals surface area contributed by atoms with Crippen LogP contribution in [0.1, 0.15) is 25.1 Å². The summed E-state index contributed by atoms with van der Waals surface area (Å²) in [6, 6.07) is 1.94. The number of nitrogens with zero attached hydrogens (tertiary/aromatic N) is 3. The molecule has 0 unspecified atom stereocenters. The monoisotopic (exact) mass is 234 g/mol. The van der Waals surface area contributed by atoms with Crippen molar-refractivity contribution in [2.45, 2.75) is 32.9 Å². The largest absolute Gasteiger partial charge is 0.394 e. The highest BCUT2D eigenvalue weighted by Crippen LogP contribution is 2.07. The van der Waals surface area contributed by atoms with Crippen LogP contribution in [-0.2, 0) is 6.54 Å². The molecule has 0 aromatic carbocycles. The zero-order valence-corrected chi connectivity index (χ0v) is 10.4. The molecule has 0 aliphatic heterocycles. The Morgan fingerprint density at radius 1 is 1.47 bits per heavy atom. The summed E-state index contributed by atoms with van der Waals surface area (Å²) in [4.78, 5) is 4.33. The molecule has 0 radical (unpaired) electrons. The number of hydrogen-bond acceptors (Lipinski definition) is 4. The third kappa shape index (κ3) is 2.81. The molecule has 0 aliphatic rings. The standard InChI is InChI=1S/C12H18N4O/c1-9-4-11-13-5-10(7-16(11)15-9)6-14-12(2,3)8-17/h4-5,7,14,17H,6,8H2,1-3H3. The summed E-state index contributed by atoms with van der Waals surface area (Å²) in [6.07, 6.45) is 3.78. The molecule has 0 atom stereocenters. The van der Waals surface area contributed by atoms with Crippen LogP contribution in [-0.4, -0.2) is 31.9 Å². The molecule has 0 bridgehead atoms. The number of aryl methyl sites for hydroxylation is 1. The molecule has 0 spiro atoms. The summed E-state index contributed by atoms with van der Waals surface area (Å²) < 4.78 is 1.78. The van der Waals surface area contributed by atoms with E-state index in [1.54, 1.807) is 4.52 Å². The van der Waals surface area contributed by atoms with Gasteiger partial charge < -0.3 is 10.4 Å². The molecule has 0 saturated carbocycles. The fourth-order valence-electron chi connectivity index (χ4n) is 1.52. The van der Waals surface area contributed by atoms with Crippen molar-refractivity contribution in [2.24, 2.45) is 0 Å². The maximum Gasteiger partial charge on any atom is 0.155 e. The molecule has 5 nitrogen and oxygen atoms in total. The Labute approximate surface area is 100 Å². The second-order valence-electron chi connectivity index (χ2n) is 4.95. The van der Waals surface area contributed by atoms with Crippen molar-refractivity contribution in [2.75, 3.05) is 6.61 Å². The van der Waals surface area contributed by atoms with Crippen LogP contribution in [0.4, 0.5) is 0 Å². The van der Waals surface area contributed by atoms with Gasteiger partial charge in [0.1, 0.15) is 0 Å². The van der Waals surface area contributed by atoms with Gasteiger partial charge in [-0.3, -0.25) is 0 Å². The molecular weight excluding hydrogens is 216 g/mol. The van der Waals surface area contributed by atoms with E-state index in [4.69, 9.17) is 5.11 Å². The van der Waals surface area contributed by atoms with Gasteiger partial charge in [-0.05, 0) is 20.8 Å². The Balaban J connectivity index is 2.14. The van der Waals surface area contributed by atoms with Crippen molar-refractivity contribution in [1.82, 2.24) is 19.9 Å². The predicted molar refractivity (Wildman–Crippen MR) is 65.7 cm³/mol. The quantitative estimate of drug-likeness (QED) is 0.825. The molecule has 0 saturated heterocycles. The third-order valence-electron chi connectivity index (χ3n) is 2.66. The molecular formula is C12H18N4O. The van der Waals surface area contributed by atoms with Crippen LogP contribution in [0.3, 0.4) is 0 Å². The lowest BCUT2D eigenvalue weighted by atomic mass is 10.1. The van der Waals surface area contributed by atoms with E-state index >= 15 is 0 Å². The van der Waals surface area contributed by atoms with Crippen molar-refractivity contribution in [3.63, 3.8) is 0 Å². The van der Waals surface area contributed by atoms with E-state index in [-0.39, 0.29) is 12.1 Å². The second kappa shape index (κ2) is 4.43. The zero-order valence-electron chi connectivity index (χ0n) is 10.4. The summed E-state index contributed by atoms with van der Waals surface area (Å²) in [7, 11) is 0. The summed E-state index contributed by atoms with van der Waals surface area (Å²) >= 11 is 0. The van der Waals surface area contributed by atoms with E-state index in [1.165, 1.54) is 0 Å². The summed E-state index contributed by atoms with van der Waals surface area (Å²) in [6.45, 7) is 6.62. The Kier molecular flexibility index (Phi) is 3.13. The van der Waals surface area contributed by atoms with Gasteiger partial charge in [0.15, 0.2) is 5.65 Å². The minimum Gasteiger partial charge on any atom is -0.394 e. The molecule has 2 heterocycles. The SMILES string of the molecule is Cc1cc2ncc(CNC(C)(C)CO)cn2n1. The lowest BCUT2D eigenvalue weighted by Gasteiger charge is -2.23. The Morgan fingerprint density at radius 2 is 2.24 bits per heavy atom. The number of hydrogen-bond donors (Lipinski definition) is 2. The van der Waals surface area contributed by atoms with E-state index < -0.39 is 0 Å². The molecule has 2 rings (SSSR count). The Hall–Kier alpha value is -1.46. The van der Waals surface area contributed by atoms with E-state index in [0.29, 0.717) is 6.54 Å². The first-order chi connectivity index (χ1) is 8.00. The Morgan fingerprint density at radius 3 is 2.94 bits per heavy atom. The van der Waals surface area contributed by atoms with Gasteiger partial charge in [-0.15, -0.1) is 0 Å². The lowest BCUT2D eigenvalue weighted by Crippen LogP contribution is -2.42. The van der Waals surface area contributed by atoms with Gasteiger partial charge in [0.25, 0.3) is 0 Å². The summed E-state index contributed by atoms with van der Waals surface area (Å²) in [5.41, 5.74) is 2.57. The molecule has 92 valence electrons. The van der Waals surface area contributed by atoms with E-state index in [0.717, 1.165) is 16.9 Å². The van der Waals surface area contributed by atoms with Crippen molar-refractivity contribution >= 4 is 5.65 Å². The van der Waals surface area contributed by atoms with Gasteiger partial charge in [-0.1, -0.05) is 0 Å². The van der Waals surface area contributed by atoms with Crippen molar-refractivity contribution in [3.8, 4) is 0 Å². The van der Waals surface area contributed by atoms with Crippen LogP contribution in [0.25, 0.3) is 5.65 Å². The van der Waals surface area contributed by atoms with E-state index in [1.807, 2.05) is 39.2 Å². The first-order valence-electron chi connectivity index (χ1n) is 5.67. The number of aliphatic hydroxyl groups excluding tert-OH is 1. The smallest absolute Gasteiger partial charge is 0.155 e. The molecule has 5 heteroatoms. The van der Waals surface area contributed by atoms with Crippen molar-refractivity contribution < 1.29 is 5.11 Å². The lowest BCUT2D eigenvalue weighted by molar-refractivity contribution is 0.187. The molecule has 0 aliphatic carbocycles. The molecule has 2 aromatic rings. The zero-order chi connectivity index (χ0) is 12.5. The van der Waals surface area contributed by atoms with Crippen LogP contribution < -0.4 is 5.32 Å². The topological polar surface area (TPSA) is 62.5 Å². The van der Waals surface area contributed by atoms with Gasteiger partial charge in [-0.2, -0.15) is 5.10 Å². The highest BCUT2D eigenvalue weighted by atomic mass is 16.3. The molecule has 17 heavy (non-hydrogen) atoms. The van der Waals surface area contributed by atoms with Crippen LogP contribution in [0.2, 0.25) is 0 Å². The summed E-state index contributed by atoms with van der Waals surface area (Å²) in [5, 5.41) is 16.7. The third-order valence-corrected chi connectivity index (χ3v) is 2.66. The Bertz CT molecular complexity index is 518. The van der Waals surface area contributed by atoms with E-state index in [9.17, 15) is 0 Å². The number of aromatic nitrogens is 3. The first kappa shape index (κ1) is 12.0. The molecule has 2 aromatic heterocycles. The van der Waals surface area contributed by atoms with Crippen LogP contribution in [0.15, 0.2) is 18.5 Å². The fourth-order valence-corrected chi connectivity index (χ4v) is 1.52. The minimum atomic E-state index is -0.283. The van der Waals surface area contributed by atoms with Gasteiger partial charge in [0, 0.05) is 36.1 Å². The van der Waals surface area contributed by atoms with Crippen LogP contribution >= 0.6 is 0 Å². The van der Waals surface area contributed by atoms with Crippen molar-refractivity contribution in [3.05, 3.63) is 29.7 Å². The van der Waals surface area contributed by atoms with Gasteiger partial charge >= 0.3 is 0 Å². The number of rotatable bonds is 4. The second-order valence-corrected chi connectivity index (χ2v) is 4.95. The maximum absolute atomic E-state index is 9.15. The highest BCUT2D eigenvalue weighted by Gasteiger charge is 2.15. The number of nitrogens with one attached hydrogen (secondary N) is 1. The average Bonchev–Trinajstić information content (AvgIpc) is 2.66. The molecule has 0 amide bonds. The number of aliphatic hydroxyl groups is 1. The van der Waals surface area contributed by atoms with Crippen molar-refractivity contribution in [1.29, 1.82) is 0 Å². The highest BCUT2D eigenvalue weighted by molar-refractivity contribution is 5.38. The van der Waals surface area contributed by atoms with E-state index in [2.05, 4.69) is 15.4 Å². The molecule has 2 N–H and O–H groups in total. The first-order valence-corrected chi connectivity index (χ1v) is 5.67. The van der Waals surface area contributed by atoms with Crippen LogP contribution in [0.5, 0.6) is 0 Å². The average molecular weight is 234 g/mol. The van der Waals surface area contributed by atoms with Gasteiger partial charge in [0.05, 0.1) is 12.3 Å². The fraction of sp³-hybridized carbons (Fsp3) is 0.500. The van der Waals surface area contributed by atoms with Crippen LogP contribution in [0, 0.1) is 6.92 Å². The molecule has 0 fully saturated rings. The maximum atomic E-state index is 9.15. The minimum absolute atomic E-state index is 0.101. The van der Waals surface area contributed by atoms with Gasteiger partial charge in [0.2, 0.25) is 0 Å². The predicted octanol–water partition coefficient (Wildman–Crippen LogP) is 0.898. The summed E-state index contributed by atoms with van der Waals surface area (Å²) in [5.74, 6) is 0. The normalized spacial score (nSPS) is 12.2. The number of fused-ring (bicyclic) bond motifs is 1. The van der Waals surface area contributed by atoms with Gasteiger partial charge in [-0.25, -0.2) is 9.50 Å².